The number of benzene rings is 1. The number of aliphatic imine (C=N–C) groups is 1. The molecule has 0 atom stereocenters. The number of rotatable bonds is 6. The third kappa shape index (κ3) is 5.84. The summed E-state index contributed by atoms with van der Waals surface area (Å²) in [7, 11) is -3.31. The fraction of sp³-hybridized carbons (Fsp3) is 0.611. The van der Waals surface area contributed by atoms with E-state index in [2.05, 4.69) is 10.3 Å². The van der Waals surface area contributed by atoms with Gasteiger partial charge in [0.1, 0.15) is 0 Å². The van der Waals surface area contributed by atoms with Crippen LogP contribution in [-0.2, 0) is 16.6 Å². The first-order chi connectivity index (χ1) is 13.1. The minimum Gasteiger partial charge on any atom is -0.357 e. The predicted octanol–water partition coefficient (Wildman–Crippen LogP) is 2.65. The maximum Gasteiger partial charge on any atom is 0.511 e. The predicted molar refractivity (Wildman–Crippen MR) is 103 cm³/mol. The van der Waals surface area contributed by atoms with E-state index in [1.807, 2.05) is 49.2 Å². The molecule has 10 heteroatoms. The number of hydrogen-bond acceptors (Lipinski definition) is 3. The number of alkyl halides is 3. The molecule has 0 aromatic heterocycles. The lowest BCUT2D eigenvalue weighted by molar-refractivity contribution is -0.0496. The van der Waals surface area contributed by atoms with E-state index in [0.717, 1.165) is 11.5 Å². The van der Waals surface area contributed by atoms with Crippen LogP contribution in [0.5, 0.6) is 0 Å². The van der Waals surface area contributed by atoms with Gasteiger partial charge in [-0.3, -0.25) is 4.99 Å². The van der Waals surface area contributed by atoms with E-state index >= 15 is 0 Å². The zero-order valence-corrected chi connectivity index (χ0v) is 16.9. The molecule has 1 heterocycles. The van der Waals surface area contributed by atoms with Gasteiger partial charge < -0.3 is 10.2 Å². The van der Waals surface area contributed by atoms with Crippen molar-refractivity contribution in [2.75, 3.05) is 33.2 Å². The molecule has 0 aliphatic carbocycles. The van der Waals surface area contributed by atoms with Gasteiger partial charge in [0.15, 0.2) is 5.96 Å². The van der Waals surface area contributed by atoms with Crippen molar-refractivity contribution >= 4 is 16.0 Å². The molecule has 0 saturated carbocycles. The number of piperidine rings is 1. The molecule has 6 nitrogen and oxygen atoms in total. The summed E-state index contributed by atoms with van der Waals surface area (Å²) < 4.78 is 61.5. The molecule has 0 unspecified atom stereocenters. The van der Waals surface area contributed by atoms with Gasteiger partial charge in [-0.05, 0) is 31.2 Å². The third-order valence-corrected chi connectivity index (χ3v) is 6.29. The van der Waals surface area contributed by atoms with Gasteiger partial charge in [0.2, 0.25) is 0 Å². The smallest absolute Gasteiger partial charge is 0.357 e. The van der Waals surface area contributed by atoms with Crippen molar-refractivity contribution in [1.82, 2.24) is 14.5 Å². The van der Waals surface area contributed by atoms with Gasteiger partial charge in [0, 0.05) is 39.8 Å². The molecule has 1 aromatic rings. The largest absolute Gasteiger partial charge is 0.511 e. The van der Waals surface area contributed by atoms with Crippen LogP contribution in [0.2, 0.25) is 0 Å². The van der Waals surface area contributed by atoms with Crippen molar-refractivity contribution in [3.63, 3.8) is 0 Å². The molecular weight excluding hydrogens is 393 g/mol. The molecule has 0 amide bonds. The van der Waals surface area contributed by atoms with Crippen LogP contribution in [0.1, 0.15) is 25.3 Å². The summed E-state index contributed by atoms with van der Waals surface area (Å²) in [4.78, 5) is 6.60. The third-order valence-electron chi connectivity index (χ3n) is 4.66. The SMILES string of the molecule is CCNC(=NCC1CCN(S(=O)(=O)C(F)(F)F)CC1)N(C)Cc1ccccc1. The second-order valence-corrected chi connectivity index (χ2v) is 8.76. The molecule has 0 bridgehead atoms. The van der Waals surface area contributed by atoms with E-state index in [1.165, 1.54) is 0 Å². The Labute approximate surface area is 164 Å². The fourth-order valence-corrected chi connectivity index (χ4v) is 4.08. The van der Waals surface area contributed by atoms with Crippen molar-refractivity contribution in [2.45, 2.75) is 31.8 Å². The number of hydrogen-bond donors (Lipinski definition) is 1. The van der Waals surface area contributed by atoms with Crippen molar-refractivity contribution in [1.29, 1.82) is 0 Å². The van der Waals surface area contributed by atoms with Crippen molar-refractivity contribution in [3.05, 3.63) is 35.9 Å². The first kappa shape index (κ1) is 22.5. The monoisotopic (exact) mass is 420 g/mol. The maximum atomic E-state index is 12.7. The van der Waals surface area contributed by atoms with E-state index in [4.69, 9.17) is 0 Å². The number of sulfonamides is 1. The number of halogens is 3. The van der Waals surface area contributed by atoms with Crippen LogP contribution in [0.3, 0.4) is 0 Å². The zero-order valence-electron chi connectivity index (χ0n) is 16.1. The molecule has 1 saturated heterocycles. The summed E-state index contributed by atoms with van der Waals surface area (Å²) in [6.45, 7) is 3.53. The van der Waals surface area contributed by atoms with E-state index in [1.54, 1.807) is 0 Å². The van der Waals surface area contributed by atoms with Gasteiger partial charge in [-0.25, -0.2) is 8.42 Å². The summed E-state index contributed by atoms with van der Waals surface area (Å²) in [6.07, 6.45) is 0.723. The van der Waals surface area contributed by atoms with Gasteiger partial charge in [0.25, 0.3) is 0 Å². The summed E-state index contributed by atoms with van der Waals surface area (Å²) >= 11 is 0. The van der Waals surface area contributed by atoms with E-state index in [9.17, 15) is 21.6 Å². The number of guanidine groups is 1. The van der Waals surface area contributed by atoms with Gasteiger partial charge in [-0.2, -0.15) is 17.5 Å². The first-order valence-corrected chi connectivity index (χ1v) is 10.7. The van der Waals surface area contributed by atoms with E-state index in [0.29, 0.717) is 36.8 Å². The molecule has 1 aliphatic rings. The zero-order chi connectivity index (χ0) is 20.8. The Morgan fingerprint density at radius 3 is 2.39 bits per heavy atom. The second kappa shape index (κ2) is 9.60. The molecule has 1 fully saturated rings. The van der Waals surface area contributed by atoms with Gasteiger partial charge in [0.05, 0.1) is 0 Å². The molecule has 1 aliphatic heterocycles. The molecule has 0 radical (unpaired) electrons. The topological polar surface area (TPSA) is 65.0 Å². The molecule has 2 rings (SSSR count). The van der Waals surface area contributed by atoms with Crippen molar-refractivity contribution < 1.29 is 21.6 Å². The Kier molecular flexibility index (Phi) is 7.70. The van der Waals surface area contributed by atoms with Gasteiger partial charge in [-0.15, -0.1) is 0 Å². The Balaban J connectivity index is 1.93. The minimum atomic E-state index is -5.24. The summed E-state index contributed by atoms with van der Waals surface area (Å²) in [5, 5.41) is 3.22. The highest BCUT2D eigenvalue weighted by Gasteiger charge is 2.50. The lowest BCUT2D eigenvalue weighted by atomic mass is 9.98. The molecular formula is C18H27F3N4O2S. The first-order valence-electron chi connectivity index (χ1n) is 9.25. The highest BCUT2D eigenvalue weighted by molar-refractivity contribution is 7.90. The number of nitrogens with zero attached hydrogens (tertiary/aromatic N) is 3. The summed E-state index contributed by atoms with van der Waals surface area (Å²) in [6, 6.07) is 9.94. The quantitative estimate of drug-likeness (QED) is 0.568. The highest BCUT2D eigenvalue weighted by atomic mass is 32.2. The molecule has 1 aromatic carbocycles. The number of nitrogens with one attached hydrogen (secondary N) is 1. The standard InChI is InChI=1S/C18H27F3N4O2S/c1-3-22-17(24(2)14-16-7-5-4-6-8-16)23-13-15-9-11-25(12-10-15)28(26,27)18(19,20)21/h4-8,15H,3,9-14H2,1-2H3,(H,22,23). The molecule has 1 N–H and O–H groups in total. The Morgan fingerprint density at radius 1 is 1.25 bits per heavy atom. The second-order valence-electron chi connectivity index (χ2n) is 6.83. The average Bonchev–Trinajstić information content (AvgIpc) is 2.65. The fourth-order valence-electron chi connectivity index (χ4n) is 3.10. The van der Waals surface area contributed by atoms with Gasteiger partial charge >= 0.3 is 15.5 Å². The van der Waals surface area contributed by atoms with Crippen LogP contribution in [0.15, 0.2) is 35.3 Å². The lowest BCUT2D eigenvalue weighted by Crippen LogP contribution is -2.45. The highest BCUT2D eigenvalue weighted by Crippen LogP contribution is 2.30. The maximum absolute atomic E-state index is 12.7. The molecule has 28 heavy (non-hydrogen) atoms. The Bertz CT molecular complexity index is 746. The molecule has 158 valence electrons. The van der Waals surface area contributed by atoms with Crippen LogP contribution in [-0.4, -0.2) is 62.3 Å². The van der Waals surface area contributed by atoms with E-state index in [-0.39, 0.29) is 19.0 Å². The minimum absolute atomic E-state index is 0.0541. The van der Waals surface area contributed by atoms with Crippen LogP contribution in [0, 0.1) is 5.92 Å². The van der Waals surface area contributed by atoms with Crippen molar-refractivity contribution in [2.24, 2.45) is 10.9 Å². The van der Waals surface area contributed by atoms with Crippen LogP contribution < -0.4 is 5.32 Å². The normalized spacial score (nSPS) is 17.5. The van der Waals surface area contributed by atoms with Crippen LogP contribution >= 0.6 is 0 Å². The Morgan fingerprint density at radius 2 is 1.86 bits per heavy atom. The van der Waals surface area contributed by atoms with Crippen LogP contribution in [0.25, 0.3) is 0 Å². The van der Waals surface area contributed by atoms with Crippen molar-refractivity contribution in [3.8, 4) is 0 Å². The summed E-state index contributed by atoms with van der Waals surface area (Å²) in [5.41, 5.74) is -4.10. The Hall–Kier alpha value is -1.81. The van der Waals surface area contributed by atoms with Gasteiger partial charge in [-0.1, -0.05) is 30.3 Å². The van der Waals surface area contributed by atoms with E-state index < -0.39 is 15.5 Å². The molecule has 0 spiro atoms. The average molecular weight is 421 g/mol. The van der Waals surface area contributed by atoms with Crippen LogP contribution in [0.4, 0.5) is 13.2 Å². The summed E-state index contributed by atoms with van der Waals surface area (Å²) in [5.74, 6) is 0.773. The lowest BCUT2D eigenvalue weighted by Gasteiger charge is -2.31.